The maximum absolute atomic E-state index is 12.6. The predicted octanol–water partition coefficient (Wildman–Crippen LogP) is 4.43. The molecule has 0 bridgehead atoms. The van der Waals surface area contributed by atoms with E-state index in [-0.39, 0.29) is 15.7 Å². The van der Waals surface area contributed by atoms with Crippen LogP contribution in [0.3, 0.4) is 0 Å². The van der Waals surface area contributed by atoms with Crippen molar-refractivity contribution in [1.82, 2.24) is 0 Å². The van der Waals surface area contributed by atoms with Crippen LogP contribution in [0.15, 0.2) is 41.3 Å². The van der Waals surface area contributed by atoms with E-state index in [1.165, 1.54) is 25.3 Å². The van der Waals surface area contributed by atoms with Gasteiger partial charge in [-0.15, -0.1) is 0 Å². The minimum absolute atomic E-state index is 0.0161. The van der Waals surface area contributed by atoms with Gasteiger partial charge in [-0.1, -0.05) is 32.4 Å². The number of hydrogen-bond donors (Lipinski definition) is 1. The van der Waals surface area contributed by atoms with Crippen LogP contribution in [-0.4, -0.2) is 33.8 Å². The summed E-state index contributed by atoms with van der Waals surface area (Å²) in [6.45, 7) is 6.07. The smallest absolute Gasteiger partial charge is 0.255 e. The summed E-state index contributed by atoms with van der Waals surface area (Å²) in [6, 6.07) is 9.06. The molecule has 0 saturated heterocycles. The molecule has 0 aromatic heterocycles. The molecule has 152 valence electrons. The van der Waals surface area contributed by atoms with Gasteiger partial charge in [0, 0.05) is 11.3 Å². The Labute approximate surface area is 170 Å². The van der Waals surface area contributed by atoms with Gasteiger partial charge in [-0.2, -0.15) is 0 Å². The topological polar surface area (TPSA) is 81.7 Å². The molecule has 28 heavy (non-hydrogen) atoms. The first-order valence-corrected chi connectivity index (χ1v) is 10.9. The molecule has 0 aliphatic carbocycles. The van der Waals surface area contributed by atoms with Gasteiger partial charge in [0.25, 0.3) is 5.91 Å². The highest BCUT2D eigenvalue weighted by atomic mass is 35.5. The molecule has 0 spiro atoms. The molecule has 0 saturated carbocycles. The Morgan fingerprint density at radius 1 is 1.18 bits per heavy atom. The third kappa shape index (κ3) is 5.39. The van der Waals surface area contributed by atoms with Crippen molar-refractivity contribution < 1.29 is 22.7 Å². The maximum atomic E-state index is 12.6. The van der Waals surface area contributed by atoms with Crippen molar-refractivity contribution in [3.8, 4) is 11.5 Å². The Balaban J connectivity index is 2.21. The lowest BCUT2D eigenvalue weighted by molar-refractivity contribution is 0.102. The molecular formula is C20H24ClNO5S. The maximum Gasteiger partial charge on any atom is 0.255 e. The Kier molecular flexibility index (Phi) is 7.32. The molecule has 8 heteroatoms. The highest BCUT2D eigenvalue weighted by Crippen LogP contribution is 2.37. The number of carbonyl (C=O) groups excluding carboxylic acids is 1. The zero-order chi connectivity index (χ0) is 20.9. The van der Waals surface area contributed by atoms with Crippen LogP contribution in [-0.2, 0) is 9.84 Å². The lowest BCUT2D eigenvalue weighted by atomic mass is 10.1. The zero-order valence-corrected chi connectivity index (χ0v) is 17.9. The molecule has 1 N–H and O–H groups in total. The number of nitrogens with one attached hydrogen (secondary N) is 1. The van der Waals surface area contributed by atoms with Gasteiger partial charge in [0.1, 0.15) is 0 Å². The fraction of sp³-hybridized carbons (Fsp3) is 0.350. The van der Waals surface area contributed by atoms with Crippen molar-refractivity contribution in [1.29, 1.82) is 0 Å². The lowest BCUT2D eigenvalue weighted by Crippen LogP contribution is -2.13. The Bertz CT molecular complexity index is 940. The molecule has 0 aliphatic rings. The van der Waals surface area contributed by atoms with E-state index in [1.54, 1.807) is 25.1 Å². The SMILES string of the molecule is CCS(=O)(=O)c1ccc(NC(=O)c2cc(Cl)c(OCC(C)C)c(OC)c2)cc1. The first-order valence-electron chi connectivity index (χ1n) is 8.82. The summed E-state index contributed by atoms with van der Waals surface area (Å²) in [4.78, 5) is 12.8. The molecular weight excluding hydrogens is 402 g/mol. The zero-order valence-electron chi connectivity index (χ0n) is 16.3. The van der Waals surface area contributed by atoms with Gasteiger partial charge in [-0.05, 0) is 42.3 Å². The fourth-order valence-corrected chi connectivity index (χ4v) is 3.51. The Hall–Kier alpha value is -2.25. The normalized spacial score (nSPS) is 11.4. The van der Waals surface area contributed by atoms with E-state index in [1.807, 2.05) is 13.8 Å². The van der Waals surface area contributed by atoms with Crippen LogP contribution in [0.2, 0.25) is 5.02 Å². The highest BCUT2D eigenvalue weighted by Gasteiger charge is 2.17. The molecule has 0 atom stereocenters. The molecule has 0 heterocycles. The van der Waals surface area contributed by atoms with E-state index >= 15 is 0 Å². The van der Waals surface area contributed by atoms with Crippen LogP contribution in [0.5, 0.6) is 11.5 Å². The standard InChI is InChI=1S/C20H24ClNO5S/c1-5-28(24,25)16-8-6-15(7-9-16)22-20(23)14-10-17(21)19(18(11-14)26-4)27-12-13(2)3/h6-11,13H,5,12H2,1-4H3,(H,22,23). The van der Waals surface area contributed by atoms with E-state index < -0.39 is 15.7 Å². The number of ether oxygens (including phenoxy) is 2. The number of methoxy groups -OCH3 is 1. The van der Waals surface area contributed by atoms with Crippen molar-refractivity contribution >= 4 is 33.0 Å². The number of sulfone groups is 1. The second-order valence-electron chi connectivity index (χ2n) is 6.58. The lowest BCUT2D eigenvalue weighted by Gasteiger charge is -2.15. The van der Waals surface area contributed by atoms with Crippen molar-refractivity contribution in [3.05, 3.63) is 47.0 Å². The van der Waals surface area contributed by atoms with Crippen LogP contribution in [0.4, 0.5) is 5.69 Å². The molecule has 2 rings (SSSR count). The van der Waals surface area contributed by atoms with Crippen LogP contribution in [0, 0.1) is 5.92 Å². The van der Waals surface area contributed by atoms with E-state index in [0.717, 1.165) is 0 Å². The van der Waals surface area contributed by atoms with Gasteiger partial charge in [0.2, 0.25) is 0 Å². The second-order valence-corrected chi connectivity index (χ2v) is 9.26. The largest absolute Gasteiger partial charge is 0.493 e. The number of anilines is 1. The first-order chi connectivity index (χ1) is 13.2. The molecule has 0 unspecified atom stereocenters. The van der Waals surface area contributed by atoms with Gasteiger partial charge in [-0.25, -0.2) is 8.42 Å². The number of amides is 1. The molecule has 2 aromatic carbocycles. The quantitative estimate of drug-likeness (QED) is 0.676. The average Bonchev–Trinajstić information content (AvgIpc) is 2.66. The van der Waals surface area contributed by atoms with Crippen LogP contribution in [0.25, 0.3) is 0 Å². The molecule has 0 radical (unpaired) electrons. The van der Waals surface area contributed by atoms with Crippen LogP contribution >= 0.6 is 11.6 Å². The predicted molar refractivity (Wildman–Crippen MR) is 110 cm³/mol. The summed E-state index contributed by atoms with van der Waals surface area (Å²) in [6.07, 6.45) is 0. The van der Waals surface area contributed by atoms with Gasteiger partial charge < -0.3 is 14.8 Å². The van der Waals surface area contributed by atoms with Gasteiger partial charge in [0.05, 0.1) is 29.4 Å². The molecule has 1 amide bonds. The van der Waals surface area contributed by atoms with Gasteiger partial charge in [-0.3, -0.25) is 4.79 Å². The molecule has 2 aromatic rings. The minimum Gasteiger partial charge on any atom is -0.493 e. The minimum atomic E-state index is -3.29. The Morgan fingerprint density at radius 2 is 1.82 bits per heavy atom. The van der Waals surface area contributed by atoms with E-state index in [4.69, 9.17) is 21.1 Å². The summed E-state index contributed by atoms with van der Waals surface area (Å²) in [5.74, 6) is 0.679. The summed E-state index contributed by atoms with van der Waals surface area (Å²) in [5.41, 5.74) is 0.763. The van der Waals surface area contributed by atoms with Crippen LogP contribution < -0.4 is 14.8 Å². The number of benzene rings is 2. The van der Waals surface area contributed by atoms with Crippen molar-refractivity contribution in [2.75, 3.05) is 24.8 Å². The number of halogens is 1. The van der Waals surface area contributed by atoms with Gasteiger partial charge in [0.15, 0.2) is 21.3 Å². The highest BCUT2D eigenvalue weighted by molar-refractivity contribution is 7.91. The summed E-state index contributed by atoms with van der Waals surface area (Å²) in [5, 5.41) is 2.99. The van der Waals surface area contributed by atoms with E-state index in [0.29, 0.717) is 35.3 Å². The van der Waals surface area contributed by atoms with Crippen LogP contribution in [0.1, 0.15) is 31.1 Å². The summed E-state index contributed by atoms with van der Waals surface area (Å²) in [7, 11) is -1.81. The van der Waals surface area contributed by atoms with Crippen molar-refractivity contribution in [3.63, 3.8) is 0 Å². The van der Waals surface area contributed by atoms with Gasteiger partial charge >= 0.3 is 0 Å². The summed E-state index contributed by atoms with van der Waals surface area (Å²) >= 11 is 6.28. The monoisotopic (exact) mass is 425 g/mol. The summed E-state index contributed by atoms with van der Waals surface area (Å²) < 4.78 is 34.7. The third-order valence-corrected chi connectivity index (χ3v) is 5.94. The number of rotatable bonds is 8. The fourth-order valence-electron chi connectivity index (χ4n) is 2.36. The molecule has 6 nitrogen and oxygen atoms in total. The van der Waals surface area contributed by atoms with Crippen molar-refractivity contribution in [2.24, 2.45) is 5.92 Å². The van der Waals surface area contributed by atoms with Crippen molar-refractivity contribution in [2.45, 2.75) is 25.7 Å². The molecule has 0 aliphatic heterocycles. The second kappa shape index (κ2) is 9.30. The van der Waals surface area contributed by atoms with E-state index in [9.17, 15) is 13.2 Å². The van der Waals surface area contributed by atoms with E-state index in [2.05, 4.69) is 5.32 Å². The third-order valence-electron chi connectivity index (χ3n) is 3.90. The number of carbonyl (C=O) groups is 1. The first kappa shape index (κ1) is 22.0. The average molecular weight is 426 g/mol. The number of hydrogen-bond acceptors (Lipinski definition) is 5. The molecule has 0 fully saturated rings. The Morgan fingerprint density at radius 3 is 2.36 bits per heavy atom.